The lowest BCUT2D eigenvalue weighted by molar-refractivity contribution is 0.0874. The monoisotopic (exact) mass is 340 g/mol. The van der Waals surface area contributed by atoms with E-state index in [0.717, 1.165) is 18.4 Å². The number of carbonyl (C=O) groups is 1. The second-order valence-electron chi connectivity index (χ2n) is 7.20. The number of aryl methyl sites for hydroxylation is 1. The number of para-hydroxylation sites is 1. The first-order valence-electron chi connectivity index (χ1n) is 9.11. The Kier molecular flexibility index (Phi) is 4.07. The van der Waals surface area contributed by atoms with Gasteiger partial charge in [0.2, 0.25) is 5.43 Å². The topological polar surface area (TPSA) is 67.2 Å². The molecule has 1 unspecified atom stereocenters. The average molecular weight is 340 g/mol. The van der Waals surface area contributed by atoms with E-state index < -0.39 is 0 Å². The van der Waals surface area contributed by atoms with Crippen LogP contribution in [0.2, 0.25) is 0 Å². The van der Waals surface area contributed by atoms with E-state index in [2.05, 4.69) is 22.4 Å². The minimum Gasteiger partial charge on any atom is -0.348 e. The molecule has 6 heteroatoms. The summed E-state index contributed by atoms with van der Waals surface area (Å²) in [6.45, 7) is 2.57. The molecule has 0 spiro atoms. The Balaban J connectivity index is 1.62. The molecule has 2 saturated heterocycles. The molecule has 1 aromatic heterocycles. The van der Waals surface area contributed by atoms with Crippen LogP contribution in [-0.4, -0.2) is 45.8 Å². The van der Waals surface area contributed by atoms with Crippen molar-refractivity contribution in [2.75, 3.05) is 7.05 Å². The van der Waals surface area contributed by atoms with Gasteiger partial charge in [0.1, 0.15) is 0 Å². The largest absolute Gasteiger partial charge is 0.348 e. The Hall–Kier alpha value is -2.21. The van der Waals surface area contributed by atoms with E-state index in [1.165, 1.54) is 12.8 Å². The Labute approximate surface area is 146 Å². The molecule has 3 atom stereocenters. The van der Waals surface area contributed by atoms with Crippen LogP contribution in [0.4, 0.5) is 0 Å². The molecule has 2 bridgehead atoms. The third kappa shape index (κ3) is 2.74. The van der Waals surface area contributed by atoms with Gasteiger partial charge in [-0.15, -0.1) is 0 Å². The lowest BCUT2D eigenvalue weighted by atomic mass is 9.98. The summed E-state index contributed by atoms with van der Waals surface area (Å²) in [6, 6.07) is 8.54. The quantitative estimate of drug-likeness (QED) is 0.925. The van der Waals surface area contributed by atoms with Gasteiger partial charge in [-0.2, -0.15) is 5.10 Å². The third-order valence-electron chi connectivity index (χ3n) is 5.81. The number of amides is 1. The predicted octanol–water partition coefficient (Wildman–Crippen LogP) is 1.77. The first-order chi connectivity index (χ1) is 12.1. The van der Waals surface area contributed by atoms with Crippen LogP contribution in [0.1, 0.15) is 43.1 Å². The Morgan fingerprint density at radius 1 is 1.24 bits per heavy atom. The number of nitrogens with one attached hydrogen (secondary N) is 1. The minimum atomic E-state index is -0.341. The van der Waals surface area contributed by atoms with Gasteiger partial charge in [-0.05, 0) is 51.8 Å². The fourth-order valence-corrected chi connectivity index (χ4v) is 4.41. The average Bonchev–Trinajstić information content (AvgIpc) is 2.83. The third-order valence-corrected chi connectivity index (χ3v) is 5.81. The van der Waals surface area contributed by atoms with Crippen molar-refractivity contribution in [3.05, 3.63) is 40.2 Å². The molecule has 6 nitrogen and oxygen atoms in total. The highest BCUT2D eigenvalue weighted by molar-refractivity contribution is 5.95. The Bertz CT molecular complexity index is 861. The van der Waals surface area contributed by atoms with Gasteiger partial charge in [-0.1, -0.05) is 12.1 Å². The molecule has 2 aliphatic heterocycles. The molecule has 1 N–H and O–H groups in total. The summed E-state index contributed by atoms with van der Waals surface area (Å²) < 4.78 is 1.73. The summed E-state index contributed by atoms with van der Waals surface area (Å²) in [5.41, 5.74) is 0.490. The summed E-state index contributed by atoms with van der Waals surface area (Å²) >= 11 is 0. The first kappa shape index (κ1) is 16.3. The smallest absolute Gasteiger partial charge is 0.276 e. The predicted molar refractivity (Wildman–Crippen MR) is 96.7 cm³/mol. The van der Waals surface area contributed by atoms with E-state index in [1.807, 2.05) is 25.1 Å². The highest BCUT2D eigenvalue weighted by atomic mass is 16.2. The summed E-state index contributed by atoms with van der Waals surface area (Å²) in [5.74, 6) is -0.341. The number of fused-ring (bicyclic) bond motifs is 3. The molecule has 2 fully saturated rings. The number of carbonyl (C=O) groups excluding carboxylic acids is 1. The molecular weight excluding hydrogens is 316 g/mol. The number of nitrogens with zero attached hydrogens (tertiary/aromatic N) is 3. The maximum Gasteiger partial charge on any atom is 0.276 e. The maximum absolute atomic E-state index is 12.8. The molecule has 0 saturated carbocycles. The lowest BCUT2D eigenvalue weighted by Crippen LogP contribution is -2.49. The molecule has 132 valence electrons. The van der Waals surface area contributed by atoms with Crippen LogP contribution in [0.5, 0.6) is 0 Å². The van der Waals surface area contributed by atoms with Crippen LogP contribution in [-0.2, 0) is 6.54 Å². The first-order valence-corrected chi connectivity index (χ1v) is 9.11. The van der Waals surface area contributed by atoms with Crippen molar-refractivity contribution in [1.82, 2.24) is 20.0 Å². The van der Waals surface area contributed by atoms with Crippen molar-refractivity contribution in [2.24, 2.45) is 0 Å². The molecule has 2 aliphatic rings. The molecule has 0 radical (unpaired) electrons. The normalized spacial score (nSPS) is 26.1. The van der Waals surface area contributed by atoms with E-state index in [4.69, 9.17) is 0 Å². The van der Waals surface area contributed by atoms with E-state index in [0.29, 0.717) is 24.0 Å². The van der Waals surface area contributed by atoms with E-state index in [-0.39, 0.29) is 23.1 Å². The highest BCUT2D eigenvalue weighted by Crippen LogP contribution is 2.34. The van der Waals surface area contributed by atoms with Crippen molar-refractivity contribution in [3.8, 4) is 0 Å². The fourth-order valence-electron chi connectivity index (χ4n) is 4.41. The number of hydrogen-bond acceptors (Lipinski definition) is 4. The van der Waals surface area contributed by atoms with Gasteiger partial charge in [0.15, 0.2) is 5.69 Å². The second-order valence-corrected chi connectivity index (χ2v) is 7.20. The zero-order valence-corrected chi connectivity index (χ0v) is 14.7. The molecule has 3 heterocycles. The van der Waals surface area contributed by atoms with Gasteiger partial charge in [0.25, 0.3) is 5.91 Å². The molecule has 1 amide bonds. The van der Waals surface area contributed by atoms with Crippen molar-refractivity contribution < 1.29 is 4.79 Å². The van der Waals surface area contributed by atoms with Crippen molar-refractivity contribution in [2.45, 2.75) is 57.3 Å². The number of benzene rings is 1. The number of hydrogen-bond donors (Lipinski definition) is 1. The van der Waals surface area contributed by atoms with Gasteiger partial charge >= 0.3 is 0 Å². The number of rotatable bonds is 3. The van der Waals surface area contributed by atoms with E-state index in [9.17, 15) is 9.59 Å². The zero-order chi connectivity index (χ0) is 17.6. The second kappa shape index (κ2) is 6.26. The highest BCUT2D eigenvalue weighted by Gasteiger charge is 2.39. The standard InChI is InChI=1S/C19H24N4O2/c1-3-23-16-7-5-4-6-15(16)18(24)17(21-23)19(25)20-12-10-13-8-9-14(11-12)22(13)2/h4-7,12-14H,3,8-11H2,1-2H3,(H,20,25)/t12?,13-,14+. The van der Waals surface area contributed by atoms with Crippen LogP contribution in [0, 0.1) is 0 Å². The summed E-state index contributed by atoms with van der Waals surface area (Å²) in [6.07, 6.45) is 4.30. The van der Waals surface area contributed by atoms with Crippen LogP contribution in [0.3, 0.4) is 0 Å². The van der Waals surface area contributed by atoms with E-state index in [1.54, 1.807) is 10.7 Å². The maximum atomic E-state index is 12.8. The molecular formula is C19H24N4O2. The molecule has 0 aliphatic carbocycles. The van der Waals surface area contributed by atoms with Crippen LogP contribution >= 0.6 is 0 Å². The SMILES string of the molecule is CCn1nc(C(=O)NC2C[C@H]3CC[C@@H](C2)N3C)c(=O)c2ccccc21. The number of aromatic nitrogens is 2. The van der Waals surface area contributed by atoms with Gasteiger partial charge in [-0.25, -0.2) is 0 Å². The van der Waals surface area contributed by atoms with Gasteiger partial charge in [0.05, 0.1) is 5.52 Å². The summed E-state index contributed by atoms with van der Waals surface area (Å²) in [7, 11) is 2.17. The van der Waals surface area contributed by atoms with Crippen molar-refractivity contribution >= 4 is 16.8 Å². The van der Waals surface area contributed by atoms with Crippen molar-refractivity contribution in [1.29, 1.82) is 0 Å². The van der Waals surface area contributed by atoms with Gasteiger partial charge < -0.3 is 10.2 Å². The zero-order valence-electron chi connectivity index (χ0n) is 14.7. The van der Waals surface area contributed by atoms with E-state index >= 15 is 0 Å². The Morgan fingerprint density at radius 2 is 1.92 bits per heavy atom. The van der Waals surface area contributed by atoms with Crippen LogP contribution in [0.25, 0.3) is 10.9 Å². The summed E-state index contributed by atoms with van der Waals surface area (Å²) in [5, 5.41) is 7.96. The van der Waals surface area contributed by atoms with Crippen LogP contribution < -0.4 is 10.7 Å². The van der Waals surface area contributed by atoms with Gasteiger partial charge in [0, 0.05) is 30.1 Å². The lowest BCUT2D eigenvalue weighted by Gasteiger charge is -2.36. The Morgan fingerprint density at radius 3 is 2.60 bits per heavy atom. The molecule has 2 aromatic rings. The molecule has 4 rings (SSSR count). The van der Waals surface area contributed by atoms with Crippen molar-refractivity contribution in [3.63, 3.8) is 0 Å². The minimum absolute atomic E-state index is 0.00632. The van der Waals surface area contributed by atoms with Gasteiger partial charge in [-0.3, -0.25) is 14.3 Å². The van der Waals surface area contributed by atoms with Crippen LogP contribution in [0.15, 0.2) is 29.1 Å². The molecule has 1 aromatic carbocycles. The molecule has 25 heavy (non-hydrogen) atoms. The fraction of sp³-hybridized carbons (Fsp3) is 0.526. The summed E-state index contributed by atoms with van der Waals surface area (Å²) in [4.78, 5) is 27.9. The number of piperidine rings is 1.